The average Bonchev–Trinajstić information content (AvgIpc) is 3.51. The van der Waals surface area contributed by atoms with Crippen LogP contribution in [0.25, 0.3) is 0 Å². The minimum atomic E-state index is -3.59. The number of nitrogens with zero attached hydrogens (tertiary/aromatic N) is 3. The fourth-order valence-corrected chi connectivity index (χ4v) is 5.17. The first-order valence-corrected chi connectivity index (χ1v) is 12.5. The van der Waals surface area contributed by atoms with E-state index >= 15 is 0 Å². The zero-order chi connectivity index (χ0) is 23.6. The van der Waals surface area contributed by atoms with Crippen LogP contribution in [0.5, 0.6) is 5.75 Å². The lowest BCUT2D eigenvalue weighted by Gasteiger charge is -2.15. The van der Waals surface area contributed by atoms with Crippen LogP contribution in [0, 0.1) is 11.7 Å². The Morgan fingerprint density at radius 2 is 2.06 bits per heavy atom. The molecule has 1 atom stereocenters. The average molecular weight is 477 g/mol. The Balaban J connectivity index is 1.39. The summed E-state index contributed by atoms with van der Waals surface area (Å²) in [5, 5.41) is 2.18. The summed E-state index contributed by atoms with van der Waals surface area (Å²) in [4.78, 5) is 32.6. The van der Waals surface area contributed by atoms with E-state index in [9.17, 15) is 22.4 Å². The lowest BCUT2D eigenvalue weighted by molar-refractivity contribution is -0.118. The molecule has 176 valence electrons. The number of imide groups is 1. The maximum absolute atomic E-state index is 14.1. The smallest absolute Gasteiger partial charge is 0.324 e. The predicted molar refractivity (Wildman–Crippen MR) is 117 cm³/mol. The number of aromatic nitrogens is 2. The number of hydrogen-bond acceptors (Lipinski definition) is 7. The lowest BCUT2D eigenvalue weighted by atomic mass is 10.0. The summed E-state index contributed by atoms with van der Waals surface area (Å²) in [6, 6.07) is 5.49. The Morgan fingerprint density at radius 1 is 1.27 bits per heavy atom. The van der Waals surface area contributed by atoms with Crippen LogP contribution in [-0.2, 0) is 26.9 Å². The number of ether oxygens (including phenoxy) is 1. The number of hydrogen-bond donors (Lipinski definition) is 1. The molecule has 0 bridgehead atoms. The monoisotopic (exact) mass is 476 g/mol. The van der Waals surface area contributed by atoms with Gasteiger partial charge in [0.15, 0.2) is 21.4 Å². The summed E-state index contributed by atoms with van der Waals surface area (Å²) < 4.78 is 45.2. The summed E-state index contributed by atoms with van der Waals surface area (Å²) in [5.74, 6) is -1.06. The summed E-state index contributed by atoms with van der Waals surface area (Å²) >= 11 is 0. The number of urea groups is 1. The highest BCUT2D eigenvalue weighted by molar-refractivity contribution is 7.90. The topological polar surface area (TPSA) is 119 Å². The van der Waals surface area contributed by atoms with Gasteiger partial charge in [-0.25, -0.2) is 27.6 Å². The minimum absolute atomic E-state index is 0.0714. The van der Waals surface area contributed by atoms with Crippen molar-refractivity contribution in [3.63, 3.8) is 0 Å². The third-order valence-corrected chi connectivity index (χ3v) is 7.24. The van der Waals surface area contributed by atoms with E-state index in [1.165, 1.54) is 17.2 Å². The number of rotatable bonds is 10. The van der Waals surface area contributed by atoms with Gasteiger partial charge in [-0.1, -0.05) is 13.0 Å². The molecule has 0 unspecified atom stereocenters. The molecule has 11 heteroatoms. The summed E-state index contributed by atoms with van der Waals surface area (Å²) in [6.07, 6.45) is 3.60. The van der Waals surface area contributed by atoms with Crippen molar-refractivity contribution in [1.82, 2.24) is 20.2 Å². The van der Waals surface area contributed by atoms with Crippen molar-refractivity contribution in [2.45, 2.75) is 38.0 Å². The van der Waals surface area contributed by atoms with Crippen molar-refractivity contribution >= 4 is 21.8 Å². The van der Waals surface area contributed by atoms with Gasteiger partial charge in [0.1, 0.15) is 18.1 Å². The number of benzene rings is 1. The summed E-state index contributed by atoms with van der Waals surface area (Å²) in [5.41, 5.74) is 1.11. The van der Waals surface area contributed by atoms with Crippen LogP contribution in [0.1, 0.15) is 42.8 Å². The summed E-state index contributed by atoms with van der Waals surface area (Å²) in [7, 11) is -3.59. The van der Waals surface area contributed by atoms with Crippen LogP contribution < -0.4 is 10.1 Å². The van der Waals surface area contributed by atoms with Gasteiger partial charge in [0.05, 0.1) is 24.6 Å². The molecule has 2 aromatic rings. The van der Waals surface area contributed by atoms with Gasteiger partial charge in [-0.15, -0.1) is 0 Å². The first kappa shape index (κ1) is 23.1. The Bertz CT molecular complexity index is 1170. The highest BCUT2D eigenvalue weighted by atomic mass is 32.2. The van der Waals surface area contributed by atoms with E-state index in [0.717, 1.165) is 12.8 Å². The highest BCUT2D eigenvalue weighted by Crippen LogP contribution is 2.31. The van der Waals surface area contributed by atoms with Gasteiger partial charge in [-0.3, -0.25) is 10.1 Å². The van der Waals surface area contributed by atoms with Gasteiger partial charge in [0.25, 0.3) is 0 Å². The van der Waals surface area contributed by atoms with Gasteiger partial charge in [0, 0.05) is 6.20 Å². The molecule has 2 aliphatic rings. The van der Waals surface area contributed by atoms with Gasteiger partial charge in [0.2, 0.25) is 5.91 Å². The molecule has 1 aliphatic heterocycles. The van der Waals surface area contributed by atoms with Crippen LogP contribution in [0.3, 0.4) is 0 Å². The van der Waals surface area contributed by atoms with Crippen LogP contribution in [-0.4, -0.2) is 54.1 Å². The fraction of sp³-hybridized carbons (Fsp3) is 0.455. The number of amides is 3. The molecule has 1 aliphatic carbocycles. The molecule has 3 amide bonds. The molecular weight excluding hydrogens is 451 g/mol. The van der Waals surface area contributed by atoms with Crippen molar-refractivity contribution in [2.75, 3.05) is 18.9 Å². The van der Waals surface area contributed by atoms with Crippen molar-refractivity contribution in [3.05, 3.63) is 53.4 Å². The maximum Gasteiger partial charge on any atom is 0.324 e. The van der Waals surface area contributed by atoms with E-state index in [2.05, 4.69) is 15.3 Å². The molecule has 33 heavy (non-hydrogen) atoms. The minimum Gasteiger partial charge on any atom is -0.490 e. The van der Waals surface area contributed by atoms with Crippen LogP contribution in [0.15, 0.2) is 30.5 Å². The quantitative estimate of drug-likeness (QED) is 0.522. The first-order valence-electron chi connectivity index (χ1n) is 10.7. The van der Waals surface area contributed by atoms with E-state index < -0.39 is 27.6 Å². The Labute approximate surface area is 191 Å². The van der Waals surface area contributed by atoms with Crippen LogP contribution >= 0.6 is 0 Å². The third-order valence-electron chi connectivity index (χ3n) is 5.53. The Morgan fingerprint density at radius 3 is 2.76 bits per heavy atom. The highest BCUT2D eigenvalue weighted by Gasteiger charge is 2.27. The number of halogens is 1. The largest absolute Gasteiger partial charge is 0.490 e. The van der Waals surface area contributed by atoms with Crippen molar-refractivity contribution in [3.8, 4) is 5.75 Å². The summed E-state index contributed by atoms with van der Waals surface area (Å²) in [6.45, 7) is 2.23. The zero-order valence-corrected chi connectivity index (χ0v) is 19.0. The third kappa shape index (κ3) is 6.25. The Kier molecular flexibility index (Phi) is 6.59. The molecule has 1 saturated carbocycles. The molecule has 1 saturated heterocycles. The zero-order valence-electron chi connectivity index (χ0n) is 18.2. The second-order valence-electron chi connectivity index (χ2n) is 8.57. The second kappa shape index (κ2) is 9.42. The van der Waals surface area contributed by atoms with E-state index in [1.54, 1.807) is 25.1 Å². The van der Waals surface area contributed by atoms with E-state index in [4.69, 9.17) is 4.74 Å². The van der Waals surface area contributed by atoms with E-state index in [0.29, 0.717) is 23.8 Å². The van der Waals surface area contributed by atoms with Crippen LogP contribution in [0.2, 0.25) is 0 Å². The molecule has 9 nitrogen and oxygen atoms in total. The van der Waals surface area contributed by atoms with Gasteiger partial charge in [-0.2, -0.15) is 0 Å². The molecule has 4 rings (SSSR count). The van der Waals surface area contributed by atoms with Gasteiger partial charge in [-0.05, 0) is 48.4 Å². The molecule has 0 radical (unpaired) electrons. The second-order valence-corrected chi connectivity index (χ2v) is 10.7. The van der Waals surface area contributed by atoms with Gasteiger partial charge >= 0.3 is 6.03 Å². The van der Waals surface area contributed by atoms with E-state index in [1.807, 2.05) is 0 Å². The molecule has 1 aromatic carbocycles. The molecule has 2 heterocycles. The first-order chi connectivity index (χ1) is 15.7. The molecule has 1 aromatic heterocycles. The fourth-order valence-electron chi connectivity index (χ4n) is 3.57. The van der Waals surface area contributed by atoms with Crippen molar-refractivity contribution in [2.24, 2.45) is 5.92 Å². The van der Waals surface area contributed by atoms with Gasteiger partial charge < -0.3 is 9.64 Å². The van der Waals surface area contributed by atoms with Crippen LogP contribution in [0.4, 0.5) is 9.18 Å². The Hall–Kier alpha value is -3.08. The molecule has 2 fully saturated rings. The number of sulfone groups is 1. The molecule has 1 N–H and O–H groups in total. The van der Waals surface area contributed by atoms with Crippen molar-refractivity contribution in [1.29, 1.82) is 0 Å². The standard InChI is InChI=1S/C22H25FN4O5S/c1-14(16-4-5-18(23)19(8-16)32-11-15-2-3-15)12-33(30,31)13-20-24-7-6-17(25-20)9-27-10-21(28)26-22(27)29/h4-8,14-15H,2-3,9-13H2,1H3,(H,26,28,29)/t14-/m0/s1. The number of carbonyl (C=O) groups excluding carboxylic acids is 2. The number of nitrogens with one attached hydrogen (secondary N) is 1. The van der Waals surface area contributed by atoms with Crippen molar-refractivity contribution < 1.29 is 27.1 Å². The lowest BCUT2D eigenvalue weighted by Crippen LogP contribution is -2.28. The molecule has 0 spiro atoms. The molecular formula is C22H25FN4O5S. The maximum atomic E-state index is 14.1. The SMILES string of the molecule is C[C@@H](CS(=O)(=O)Cc1nccc(CN2CC(=O)NC2=O)n1)c1ccc(F)c(OCC2CC2)c1. The predicted octanol–water partition coefficient (Wildman–Crippen LogP) is 2.17. The normalized spacial score (nSPS) is 17.2. The number of carbonyl (C=O) groups is 2. The van der Waals surface area contributed by atoms with E-state index in [-0.39, 0.29) is 42.1 Å².